The Morgan fingerprint density at radius 1 is 0.808 bits per heavy atom. The summed E-state index contributed by atoms with van der Waals surface area (Å²) in [7, 11) is 1.84. The monoisotopic (exact) mass is 790 g/mol. The maximum absolute atomic E-state index is 12.2. The van der Waals surface area contributed by atoms with Gasteiger partial charge in [-0.1, -0.05) is 94.1 Å². The van der Waals surface area contributed by atoms with E-state index in [1.807, 2.05) is 96.8 Å². The number of aryl methyl sites for hydroxylation is 1. The van der Waals surface area contributed by atoms with Gasteiger partial charge in [0.15, 0.2) is 0 Å². The highest BCUT2D eigenvalue weighted by atomic mass is 35.5. The predicted octanol–water partition coefficient (Wildman–Crippen LogP) is 8.86. The van der Waals surface area contributed by atoms with Crippen LogP contribution in [0.1, 0.15) is 49.8 Å². The largest absolute Gasteiger partial charge is 0.445 e. The third-order valence-corrected chi connectivity index (χ3v) is 11.8. The number of ketones is 1. The van der Waals surface area contributed by atoms with Gasteiger partial charge in [0.2, 0.25) is 0 Å². The first-order valence-electron chi connectivity index (χ1n) is 17.3. The summed E-state index contributed by atoms with van der Waals surface area (Å²) in [6.07, 6.45) is 3.10. The molecule has 7 atom stereocenters. The summed E-state index contributed by atoms with van der Waals surface area (Å²) in [6.45, 7) is 6.32. The van der Waals surface area contributed by atoms with Crippen molar-refractivity contribution in [3.05, 3.63) is 102 Å². The number of anilines is 1. The van der Waals surface area contributed by atoms with Gasteiger partial charge in [-0.25, -0.2) is 9.59 Å². The number of alkyl halides is 2. The average molecular weight is 792 g/mol. The van der Waals surface area contributed by atoms with E-state index >= 15 is 0 Å². The highest BCUT2D eigenvalue weighted by Gasteiger charge is 2.47. The van der Waals surface area contributed by atoms with E-state index in [0.29, 0.717) is 61.7 Å². The zero-order valence-corrected chi connectivity index (χ0v) is 32.8. The Balaban J connectivity index is 0.000000213. The van der Waals surface area contributed by atoms with E-state index in [0.717, 1.165) is 59.3 Å². The minimum atomic E-state index is -0.293. The number of ether oxygens (including phenoxy) is 2. The highest BCUT2D eigenvalue weighted by molar-refractivity contribution is 8.10. The Kier molecular flexibility index (Phi) is 19.2. The van der Waals surface area contributed by atoms with Crippen molar-refractivity contribution in [1.82, 2.24) is 14.9 Å². The molecule has 2 aliphatic heterocycles. The van der Waals surface area contributed by atoms with Gasteiger partial charge in [0.25, 0.3) is 0 Å². The van der Waals surface area contributed by atoms with Gasteiger partial charge in [0, 0.05) is 61.0 Å². The molecule has 0 aromatic heterocycles. The quantitative estimate of drug-likeness (QED) is 0.133. The first-order chi connectivity index (χ1) is 24.7. The number of nitrogens with two attached hydrogens (primary N) is 1. The van der Waals surface area contributed by atoms with Crippen LogP contribution in [0.25, 0.3) is 0 Å². The van der Waals surface area contributed by atoms with Gasteiger partial charge in [-0.15, -0.1) is 23.2 Å². The molecule has 52 heavy (non-hydrogen) atoms. The SMILES string of the molecule is C.CPPN[C@@H]1C[C@H]2C[C@@H]1CN2C(=O)OCc1ccccc1.Cc1ccc(N)cc1.ClCCCl.O=C1C[C@H]2C[C@@H]1CN2C(=O)OCc1ccccc1. The van der Waals surface area contributed by atoms with E-state index in [9.17, 15) is 14.4 Å². The van der Waals surface area contributed by atoms with Crippen molar-refractivity contribution in [2.45, 2.75) is 71.4 Å². The van der Waals surface area contributed by atoms with Crippen molar-refractivity contribution in [3.8, 4) is 0 Å². The summed E-state index contributed by atoms with van der Waals surface area (Å²) in [6, 6.07) is 28.3. The van der Waals surface area contributed by atoms with Crippen molar-refractivity contribution >= 4 is 63.5 Å². The van der Waals surface area contributed by atoms with Crippen molar-refractivity contribution < 1.29 is 23.9 Å². The number of benzene rings is 3. The molecule has 13 heteroatoms. The zero-order chi connectivity index (χ0) is 36.6. The fourth-order valence-electron chi connectivity index (χ4n) is 6.66. The fraction of sp³-hybridized carbons (Fsp3) is 0.462. The third kappa shape index (κ3) is 13.5. The van der Waals surface area contributed by atoms with Crippen molar-refractivity contribution in [1.29, 1.82) is 0 Å². The van der Waals surface area contributed by atoms with Crippen LogP contribution in [0.2, 0.25) is 0 Å². The van der Waals surface area contributed by atoms with Gasteiger partial charge >= 0.3 is 12.2 Å². The number of halogens is 2. The van der Waals surface area contributed by atoms with Crippen molar-refractivity contribution in [3.63, 3.8) is 0 Å². The van der Waals surface area contributed by atoms with Crippen LogP contribution in [-0.2, 0) is 27.5 Å². The molecule has 2 unspecified atom stereocenters. The first kappa shape index (κ1) is 43.5. The number of rotatable bonds is 8. The average Bonchev–Trinajstić information content (AvgIpc) is 3.96. The molecule has 3 aromatic rings. The zero-order valence-electron chi connectivity index (χ0n) is 29.3. The number of piperidine rings is 2. The summed E-state index contributed by atoms with van der Waals surface area (Å²) in [5.74, 6) is 2.08. The van der Waals surface area contributed by atoms with Crippen molar-refractivity contribution in [2.75, 3.05) is 37.2 Å². The topological polar surface area (TPSA) is 114 Å². The molecule has 2 aliphatic carbocycles. The molecule has 2 amide bonds. The van der Waals surface area contributed by atoms with Crippen LogP contribution in [0.15, 0.2) is 84.9 Å². The highest BCUT2D eigenvalue weighted by Crippen LogP contribution is 2.41. The molecular weight excluding hydrogens is 737 g/mol. The van der Waals surface area contributed by atoms with E-state index in [-0.39, 0.29) is 31.6 Å². The number of likely N-dealkylation sites (tertiary alicyclic amines) is 2. The number of nitrogen functional groups attached to an aromatic ring is 1. The van der Waals surface area contributed by atoms with Crippen LogP contribution < -0.4 is 10.8 Å². The maximum atomic E-state index is 12.2. The van der Waals surface area contributed by atoms with Gasteiger partial charge in [0.1, 0.15) is 19.0 Å². The number of hydrogen-bond donors (Lipinski definition) is 2. The molecule has 7 rings (SSSR count). The maximum Gasteiger partial charge on any atom is 0.410 e. The standard InChI is InChI=1S/C15H22N2O2P2.C14H15NO3.C7H9N.C2H4Cl2.CH4/c1-20-21-16-14-8-13-7-12(14)9-17(13)15(18)19-10-11-5-3-2-4-6-11;16-13-7-12-6-11(13)8-15(12)14(17)18-9-10-4-2-1-3-5-10;1-6-2-4-7(8)5-3-6;3-1-2-4;/h2-6,12-14,16,20-21H,7-10H2,1H3;1-5,11-12H,6-9H2;2-5H,8H2,1H3;1-2H2;1H4/t12-,13-,14-;11-,12-;;;/m11.../s1. The number of nitrogens with one attached hydrogen (secondary N) is 1. The summed E-state index contributed by atoms with van der Waals surface area (Å²) in [5.41, 5.74) is 9.52. The summed E-state index contributed by atoms with van der Waals surface area (Å²) in [4.78, 5) is 39.2. The lowest BCUT2D eigenvalue weighted by Crippen LogP contribution is -2.44. The van der Waals surface area contributed by atoms with Crippen LogP contribution in [0, 0.1) is 18.8 Å². The number of amides is 2. The molecule has 284 valence electrons. The second kappa shape index (κ2) is 23.0. The van der Waals surface area contributed by atoms with E-state index in [1.165, 1.54) is 5.56 Å². The van der Waals surface area contributed by atoms with E-state index in [1.54, 1.807) is 4.90 Å². The second-order valence-electron chi connectivity index (χ2n) is 12.9. The molecule has 3 N–H and O–H groups in total. The molecule has 3 aromatic carbocycles. The Morgan fingerprint density at radius 3 is 1.75 bits per heavy atom. The molecule has 2 saturated heterocycles. The third-order valence-electron chi connectivity index (χ3n) is 9.26. The Labute approximate surface area is 323 Å². The number of carbonyl (C=O) groups is 3. The molecule has 2 saturated carbocycles. The van der Waals surface area contributed by atoms with Crippen LogP contribution >= 0.6 is 39.9 Å². The fourth-order valence-corrected chi connectivity index (χ4v) is 8.33. The normalized spacial score (nSPS) is 22.2. The van der Waals surface area contributed by atoms with Crippen LogP contribution in [0.5, 0.6) is 0 Å². The number of hydrogen-bond acceptors (Lipinski definition) is 7. The summed E-state index contributed by atoms with van der Waals surface area (Å²) < 4.78 is 10.7. The molecule has 2 heterocycles. The Bertz CT molecular complexity index is 1490. The minimum absolute atomic E-state index is 0. The van der Waals surface area contributed by atoms with Gasteiger partial charge in [-0.3, -0.25) is 9.88 Å². The lowest BCUT2D eigenvalue weighted by atomic mass is 10.0. The lowest BCUT2D eigenvalue weighted by molar-refractivity contribution is -0.122. The first-order valence-corrected chi connectivity index (χ1v) is 21.9. The van der Waals surface area contributed by atoms with E-state index < -0.39 is 0 Å². The number of nitrogens with zero attached hydrogens (tertiary/aromatic N) is 2. The molecule has 4 bridgehead atoms. The van der Waals surface area contributed by atoms with Crippen LogP contribution in [-0.4, -0.2) is 77.4 Å². The van der Waals surface area contributed by atoms with Gasteiger partial charge in [-0.2, -0.15) is 0 Å². The second-order valence-corrected chi connectivity index (χ2v) is 17.0. The lowest BCUT2D eigenvalue weighted by Gasteiger charge is -2.31. The van der Waals surface area contributed by atoms with Crippen LogP contribution in [0.4, 0.5) is 15.3 Å². The summed E-state index contributed by atoms with van der Waals surface area (Å²) in [5, 5.41) is 3.64. The molecule has 0 spiro atoms. The smallest absolute Gasteiger partial charge is 0.410 e. The van der Waals surface area contributed by atoms with Crippen LogP contribution in [0.3, 0.4) is 0 Å². The van der Waals surface area contributed by atoms with Gasteiger partial charge in [-0.05, 0) is 70.4 Å². The molecule has 4 aliphatic rings. The van der Waals surface area contributed by atoms with Crippen molar-refractivity contribution in [2.24, 2.45) is 11.8 Å². The number of carbonyl (C=O) groups excluding carboxylic acids is 3. The number of Topliss-reactive ketones (excluding diaryl/α,β-unsaturated/α-hetero) is 1. The minimum Gasteiger partial charge on any atom is -0.445 e. The van der Waals surface area contributed by atoms with E-state index in [4.69, 9.17) is 38.4 Å². The molecular formula is C39H54Cl2N4O5P2. The number of fused-ring (bicyclic) bond motifs is 4. The predicted molar refractivity (Wildman–Crippen MR) is 218 cm³/mol. The van der Waals surface area contributed by atoms with Gasteiger partial charge in [0.05, 0.1) is 0 Å². The molecule has 0 radical (unpaired) electrons. The van der Waals surface area contributed by atoms with Gasteiger partial charge < -0.3 is 25.0 Å². The molecule has 9 nitrogen and oxygen atoms in total. The van der Waals surface area contributed by atoms with E-state index in [2.05, 4.69) is 11.8 Å². The Morgan fingerprint density at radius 2 is 1.35 bits per heavy atom. The molecule has 4 fully saturated rings. The Hall–Kier alpha value is -2.93. The summed E-state index contributed by atoms with van der Waals surface area (Å²) >= 11 is 10.1.